The lowest BCUT2D eigenvalue weighted by atomic mass is 9.57. The van der Waals surface area contributed by atoms with Crippen LogP contribution in [0.15, 0.2) is 0 Å². The maximum absolute atomic E-state index is 11.7. The molecule has 1 atom stereocenters. The molecule has 0 rings (SSSR count). The summed E-state index contributed by atoms with van der Waals surface area (Å²) < 4.78 is 0. The van der Waals surface area contributed by atoms with Crippen molar-refractivity contribution in [2.75, 3.05) is 0 Å². The van der Waals surface area contributed by atoms with E-state index in [0.29, 0.717) is 12.8 Å². The van der Waals surface area contributed by atoms with Crippen molar-refractivity contribution in [1.82, 2.24) is 0 Å². The monoisotopic (exact) mass is 258 g/mol. The molecule has 0 heterocycles. The van der Waals surface area contributed by atoms with Crippen molar-refractivity contribution < 1.29 is 19.8 Å². The largest absolute Gasteiger partial charge is 0.481 e. The van der Waals surface area contributed by atoms with Gasteiger partial charge in [-0.1, -0.05) is 41.5 Å². The second kappa shape index (κ2) is 5.72. The molecule has 0 aromatic rings. The molecule has 0 aliphatic heterocycles. The Balaban J connectivity index is 5.88. The Labute approximate surface area is 109 Å². The van der Waals surface area contributed by atoms with Crippen LogP contribution in [0.3, 0.4) is 0 Å². The molecule has 4 nitrogen and oxygen atoms in total. The summed E-state index contributed by atoms with van der Waals surface area (Å²) in [7, 11) is 0. The van der Waals surface area contributed by atoms with Crippen LogP contribution in [0.5, 0.6) is 0 Å². The summed E-state index contributed by atoms with van der Waals surface area (Å²) in [5.74, 6) is -2.82. The Bertz CT molecular complexity index is 314. The van der Waals surface area contributed by atoms with Gasteiger partial charge < -0.3 is 10.2 Å². The van der Waals surface area contributed by atoms with E-state index in [2.05, 4.69) is 0 Å². The topological polar surface area (TPSA) is 74.6 Å². The maximum atomic E-state index is 11.7. The highest BCUT2D eigenvalue weighted by atomic mass is 16.4. The molecule has 2 N–H and O–H groups in total. The third-order valence-corrected chi connectivity index (χ3v) is 4.72. The number of aliphatic carboxylic acids is 2. The lowest BCUT2D eigenvalue weighted by molar-refractivity contribution is -0.172. The van der Waals surface area contributed by atoms with Gasteiger partial charge in [0.1, 0.15) is 0 Å². The molecule has 0 saturated carbocycles. The van der Waals surface area contributed by atoms with Crippen LogP contribution < -0.4 is 0 Å². The first kappa shape index (κ1) is 16.9. The molecule has 0 fully saturated rings. The quantitative estimate of drug-likeness (QED) is 0.735. The summed E-state index contributed by atoms with van der Waals surface area (Å²) in [4.78, 5) is 23.3. The number of hydrogen-bond donors (Lipinski definition) is 2. The minimum Gasteiger partial charge on any atom is -0.481 e. The molecule has 0 saturated heterocycles. The molecule has 0 spiro atoms. The fraction of sp³-hybridized carbons (Fsp3) is 0.857. The molecular weight excluding hydrogens is 232 g/mol. The van der Waals surface area contributed by atoms with Gasteiger partial charge in [0, 0.05) is 0 Å². The summed E-state index contributed by atoms with van der Waals surface area (Å²) >= 11 is 0. The molecule has 0 aromatic carbocycles. The van der Waals surface area contributed by atoms with Gasteiger partial charge >= 0.3 is 11.9 Å². The van der Waals surface area contributed by atoms with Crippen molar-refractivity contribution in [2.24, 2.45) is 22.7 Å². The van der Waals surface area contributed by atoms with E-state index in [4.69, 9.17) is 0 Å². The van der Waals surface area contributed by atoms with Gasteiger partial charge in [0.25, 0.3) is 0 Å². The molecule has 0 bridgehead atoms. The van der Waals surface area contributed by atoms with E-state index in [1.165, 1.54) is 0 Å². The van der Waals surface area contributed by atoms with Crippen molar-refractivity contribution in [3.63, 3.8) is 0 Å². The lowest BCUT2D eigenvalue weighted by Gasteiger charge is -2.44. The first-order valence-corrected chi connectivity index (χ1v) is 6.54. The molecule has 0 amide bonds. The fourth-order valence-electron chi connectivity index (χ4n) is 2.68. The van der Waals surface area contributed by atoms with Crippen LogP contribution in [-0.4, -0.2) is 22.2 Å². The van der Waals surface area contributed by atoms with Crippen LogP contribution in [0.25, 0.3) is 0 Å². The van der Waals surface area contributed by atoms with Crippen molar-refractivity contribution in [1.29, 1.82) is 0 Å². The second-order valence-electron chi connectivity index (χ2n) is 5.92. The Morgan fingerprint density at radius 1 is 1.06 bits per heavy atom. The van der Waals surface area contributed by atoms with Crippen molar-refractivity contribution in [2.45, 2.75) is 54.4 Å². The first-order chi connectivity index (χ1) is 8.07. The lowest BCUT2D eigenvalue weighted by Crippen LogP contribution is -2.50. The molecule has 106 valence electrons. The van der Waals surface area contributed by atoms with Crippen LogP contribution in [0, 0.1) is 22.7 Å². The second-order valence-corrected chi connectivity index (χ2v) is 5.92. The predicted molar refractivity (Wildman–Crippen MR) is 70.4 cm³/mol. The van der Waals surface area contributed by atoms with E-state index in [0.717, 1.165) is 0 Å². The molecule has 0 aliphatic carbocycles. The number of carbonyl (C=O) groups is 2. The smallest absolute Gasteiger partial charge is 0.310 e. The number of carboxylic acid groups (broad SMARTS) is 2. The van der Waals surface area contributed by atoms with E-state index in [1.807, 2.05) is 27.7 Å². The summed E-state index contributed by atoms with van der Waals surface area (Å²) in [6.07, 6.45) is 0.651. The van der Waals surface area contributed by atoms with Gasteiger partial charge in [-0.25, -0.2) is 0 Å². The third kappa shape index (κ3) is 2.68. The van der Waals surface area contributed by atoms with Gasteiger partial charge in [0.05, 0.1) is 11.3 Å². The number of carboxylic acids is 2. The molecular formula is C14H26O4. The fourth-order valence-corrected chi connectivity index (χ4v) is 2.68. The van der Waals surface area contributed by atoms with Crippen LogP contribution >= 0.6 is 0 Å². The van der Waals surface area contributed by atoms with Crippen molar-refractivity contribution >= 4 is 11.9 Å². The summed E-state index contributed by atoms with van der Waals surface area (Å²) in [6.45, 7) is 11.1. The first-order valence-electron chi connectivity index (χ1n) is 6.54. The standard InChI is InChI=1S/C14H26O4/c1-7-14(8-2,12(17)18)10(11(15)16)13(5,6)9(3)4/h9-10H,7-8H2,1-6H3,(H,15,16)(H,17,18). The average Bonchev–Trinajstić information content (AvgIpc) is 2.23. The summed E-state index contributed by atoms with van der Waals surface area (Å²) in [5.41, 5.74) is -1.77. The van der Waals surface area contributed by atoms with Gasteiger partial charge in [0.15, 0.2) is 0 Å². The van der Waals surface area contributed by atoms with Gasteiger partial charge in [-0.2, -0.15) is 0 Å². The molecule has 1 unspecified atom stereocenters. The van der Waals surface area contributed by atoms with Crippen LogP contribution in [0.4, 0.5) is 0 Å². The zero-order valence-electron chi connectivity index (χ0n) is 12.3. The van der Waals surface area contributed by atoms with E-state index in [1.54, 1.807) is 13.8 Å². The Kier molecular flexibility index (Phi) is 5.38. The van der Waals surface area contributed by atoms with Crippen LogP contribution in [-0.2, 0) is 9.59 Å². The van der Waals surface area contributed by atoms with Crippen molar-refractivity contribution in [3.8, 4) is 0 Å². The van der Waals surface area contributed by atoms with Crippen molar-refractivity contribution in [3.05, 3.63) is 0 Å². The van der Waals surface area contributed by atoms with Gasteiger partial charge in [-0.3, -0.25) is 9.59 Å². The Morgan fingerprint density at radius 3 is 1.61 bits per heavy atom. The highest BCUT2D eigenvalue weighted by molar-refractivity contribution is 5.84. The molecule has 0 radical (unpaired) electrons. The van der Waals surface area contributed by atoms with E-state index in [-0.39, 0.29) is 5.92 Å². The highest BCUT2D eigenvalue weighted by Gasteiger charge is 2.54. The van der Waals surface area contributed by atoms with Gasteiger partial charge in [0.2, 0.25) is 0 Å². The maximum Gasteiger partial charge on any atom is 0.310 e. The molecule has 4 heteroatoms. The number of hydrogen-bond acceptors (Lipinski definition) is 2. The summed E-state index contributed by atoms with van der Waals surface area (Å²) in [6, 6.07) is 0. The minimum atomic E-state index is -1.19. The Morgan fingerprint density at radius 2 is 1.44 bits per heavy atom. The minimum absolute atomic E-state index is 0.0930. The van der Waals surface area contributed by atoms with Gasteiger partial charge in [-0.05, 0) is 24.2 Å². The Hall–Kier alpha value is -1.06. The molecule has 18 heavy (non-hydrogen) atoms. The zero-order valence-corrected chi connectivity index (χ0v) is 12.3. The highest BCUT2D eigenvalue weighted by Crippen LogP contribution is 2.49. The van der Waals surface area contributed by atoms with Crippen LogP contribution in [0.1, 0.15) is 54.4 Å². The molecule has 0 aliphatic rings. The SMILES string of the molecule is CCC(CC)(C(=O)O)C(C(=O)O)C(C)(C)C(C)C. The van der Waals surface area contributed by atoms with Gasteiger partial charge in [-0.15, -0.1) is 0 Å². The third-order valence-electron chi connectivity index (χ3n) is 4.72. The van der Waals surface area contributed by atoms with E-state index < -0.39 is 28.7 Å². The average molecular weight is 258 g/mol. The van der Waals surface area contributed by atoms with E-state index >= 15 is 0 Å². The zero-order chi connectivity index (χ0) is 14.7. The number of rotatable bonds is 7. The van der Waals surface area contributed by atoms with E-state index in [9.17, 15) is 19.8 Å². The predicted octanol–water partition coefficient (Wildman–Crippen LogP) is 3.26. The molecule has 0 aromatic heterocycles. The summed E-state index contributed by atoms with van der Waals surface area (Å²) in [5, 5.41) is 19.1. The van der Waals surface area contributed by atoms with Crippen LogP contribution in [0.2, 0.25) is 0 Å². The normalized spacial score (nSPS) is 14.6.